The highest BCUT2D eigenvalue weighted by molar-refractivity contribution is 5.83. The van der Waals surface area contributed by atoms with Crippen molar-refractivity contribution in [3.05, 3.63) is 65.7 Å². The number of ether oxygens (including phenoxy) is 1. The van der Waals surface area contributed by atoms with Crippen molar-refractivity contribution in [2.45, 2.75) is 45.1 Å². The third kappa shape index (κ3) is 6.26. The molecule has 0 atom stereocenters. The lowest BCUT2D eigenvalue weighted by Crippen LogP contribution is -2.34. The standard InChI is InChI=1S/C27H33N7O/c1-4-12-22(13-5-1)21-35-24-15-7-6-14-23(24)20-28-32-25-29-26(33-16-8-2-9-17-33)31-27(30-25)34-18-10-3-11-19-34/h1,4-7,12-15,20H,2-3,8-11,16-19,21H2,(H,29,30,31,32). The van der Waals surface area contributed by atoms with Crippen molar-refractivity contribution in [2.24, 2.45) is 5.10 Å². The molecule has 0 bridgehead atoms. The molecule has 2 aromatic carbocycles. The van der Waals surface area contributed by atoms with Gasteiger partial charge in [-0.25, -0.2) is 5.43 Å². The van der Waals surface area contributed by atoms with Crippen molar-refractivity contribution in [3.8, 4) is 5.75 Å². The van der Waals surface area contributed by atoms with E-state index in [1.165, 1.54) is 38.5 Å². The highest BCUT2D eigenvalue weighted by atomic mass is 16.5. The zero-order valence-electron chi connectivity index (χ0n) is 20.1. The minimum Gasteiger partial charge on any atom is -0.488 e. The number of rotatable bonds is 8. The van der Waals surface area contributed by atoms with Gasteiger partial charge in [0.1, 0.15) is 12.4 Å². The van der Waals surface area contributed by atoms with E-state index in [0.717, 1.165) is 55.0 Å². The Labute approximate surface area is 207 Å². The van der Waals surface area contributed by atoms with Crippen LogP contribution in [0.4, 0.5) is 17.8 Å². The van der Waals surface area contributed by atoms with Crippen LogP contribution in [0.25, 0.3) is 0 Å². The summed E-state index contributed by atoms with van der Waals surface area (Å²) in [4.78, 5) is 18.8. The molecule has 0 saturated carbocycles. The van der Waals surface area contributed by atoms with Crippen LogP contribution in [0.3, 0.4) is 0 Å². The third-order valence-electron chi connectivity index (χ3n) is 6.41. The first-order valence-electron chi connectivity index (χ1n) is 12.7. The summed E-state index contributed by atoms with van der Waals surface area (Å²) in [6, 6.07) is 18.0. The Morgan fingerprint density at radius 2 is 1.34 bits per heavy atom. The van der Waals surface area contributed by atoms with E-state index in [9.17, 15) is 0 Å². The first-order chi connectivity index (χ1) is 17.3. The van der Waals surface area contributed by atoms with Crippen LogP contribution in [0.2, 0.25) is 0 Å². The van der Waals surface area contributed by atoms with E-state index in [1.54, 1.807) is 6.21 Å². The second-order valence-electron chi connectivity index (χ2n) is 9.04. The summed E-state index contributed by atoms with van der Waals surface area (Å²) in [5.74, 6) is 2.73. The lowest BCUT2D eigenvalue weighted by atomic mass is 10.1. The molecular weight excluding hydrogens is 438 g/mol. The van der Waals surface area contributed by atoms with E-state index in [4.69, 9.17) is 19.7 Å². The molecule has 0 unspecified atom stereocenters. The first kappa shape index (κ1) is 23.1. The Hall–Kier alpha value is -3.68. The van der Waals surface area contributed by atoms with Crippen molar-refractivity contribution in [1.29, 1.82) is 0 Å². The molecule has 35 heavy (non-hydrogen) atoms. The molecule has 0 spiro atoms. The summed E-state index contributed by atoms with van der Waals surface area (Å²) in [5.41, 5.74) is 5.06. The van der Waals surface area contributed by atoms with Gasteiger partial charge in [0.25, 0.3) is 0 Å². The Balaban J connectivity index is 1.31. The Morgan fingerprint density at radius 3 is 2.00 bits per heavy atom. The number of nitrogens with one attached hydrogen (secondary N) is 1. The number of benzene rings is 2. The summed E-state index contributed by atoms with van der Waals surface area (Å²) >= 11 is 0. The molecule has 3 aromatic rings. The molecule has 2 saturated heterocycles. The highest BCUT2D eigenvalue weighted by Gasteiger charge is 2.20. The maximum atomic E-state index is 6.05. The quantitative estimate of drug-likeness (QED) is 0.371. The van der Waals surface area contributed by atoms with Crippen LogP contribution in [-0.2, 0) is 6.61 Å². The van der Waals surface area contributed by atoms with Crippen LogP contribution >= 0.6 is 0 Å². The maximum absolute atomic E-state index is 6.05. The Kier molecular flexibility index (Phi) is 7.68. The molecule has 5 rings (SSSR count). The van der Waals surface area contributed by atoms with Crippen molar-refractivity contribution in [3.63, 3.8) is 0 Å². The van der Waals surface area contributed by atoms with Crippen LogP contribution in [-0.4, -0.2) is 47.3 Å². The van der Waals surface area contributed by atoms with Crippen molar-refractivity contribution < 1.29 is 4.74 Å². The van der Waals surface area contributed by atoms with Crippen LogP contribution in [0.5, 0.6) is 5.75 Å². The van der Waals surface area contributed by atoms with E-state index < -0.39 is 0 Å². The zero-order valence-corrected chi connectivity index (χ0v) is 20.1. The first-order valence-corrected chi connectivity index (χ1v) is 12.7. The zero-order chi connectivity index (χ0) is 23.7. The monoisotopic (exact) mass is 471 g/mol. The van der Waals surface area contributed by atoms with E-state index in [0.29, 0.717) is 12.6 Å². The Morgan fingerprint density at radius 1 is 0.743 bits per heavy atom. The average molecular weight is 472 g/mol. The predicted octanol–water partition coefficient (Wildman–Crippen LogP) is 4.88. The molecule has 0 aliphatic carbocycles. The van der Waals surface area contributed by atoms with Gasteiger partial charge in [0.05, 0.1) is 6.21 Å². The van der Waals surface area contributed by atoms with Gasteiger partial charge in [0.2, 0.25) is 17.8 Å². The van der Waals surface area contributed by atoms with Gasteiger partial charge >= 0.3 is 0 Å². The molecule has 2 aliphatic rings. The molecule has 1 N–H and O–H groups in total. The van der Waals surface area contributed by atoms with Gasteiger partial charge in [-0.2, -0.15) is 20.1 Å². The SMILES string of the molecule is C(=NNc1nc(N2CCCCC2)nc(N2CCCCC2)n1)c1ccccc1OCc1ccccc1. The topological polar surface area (TPSA) is 78.8 Å². The summed E-state index contributed by atoms with van der Waals surface area (Å²) < 4.78 is 6.05. The number of para-hydroxylation sites is 1. The molecule has 0 radical (unpaired) electrons. The van der Waals surface area contributed by atoms with Crippen molar-refractivity contribution >= 4 is 24.1 Å². The fourth-order valence-corrected chi connectivity index (χ4v) is 4.49. The van der Waals surface area contributed by atoms with Gasteiger partial charge in [0, 0.05) is 31.7 Å². The molecule has 8 heteroatoms. The lowest BCUT2D eigenvalue weighted by Gasteiger charge is -2.30. The summed E-state index contributed by atoms with van der Waals surface area (Å²) in [7, 11) is 0. The largest absolute Gasteiger partial charge is 0.488 e. The third-order valence-corrected chi connectivity index (χ3v) is 6.41. The van der Waals surface area contributed by atoms with E-state index >= 15 is 0 Å². The fourth-order valence-electron chi connectivity index (χ4n) is 4.49. The fraction of sp³-hybridized carbons (Fsp3) is 0.407. The van der Waals surface area contributed by atoms with Crippen LogP contribution in [0.15, 0.2) is 59.7 Å². The summed E-state index contributed by atoms with van der Waals surface area (Å²) in [6.07, 6.45) is 8.97. The molecule has 2 fully saturated rings. The molecule has 8 nitrogen and oxygen atoms in total. The van der Waals surface area contributed by atoms with Crippen molar-refractivity contribution in [2.75, 3.05) is 41.4 Å². The molecule has 3 heterocycles. The summed E-state index contributed by atoms with van der Waals surface area (Å²) in [6.45, 7) is 4.44. The van der Waals surface area contributed by atoms with Crippen LogP contribution in [0, 0.1) is 0 Å². The molecule has 182 valence electrons. The Bertz CT molecular complexity index is 1070. The molecule has 0 amide bonds. The number of anilines is 3. The van der Waals surface area contributed by atoms with E-state index in [-0.39, 0.29) is 0 Å². The van der Waals surface area contributed by atoms with Gasteiger partial charge < -0.3 is 14.5 Å². The second-order valence-corrected chi connectivity index (χ2v) is 9.04. The second kappa shape index (κ2) is 11.6. The smallest absolute Gasteiger partial charge is 0.250 e. The maximum Gasteiger partial charge on any atom is 0.250 e. The number of hydrogen-bond acceptors (Lipinski definition) is 8. The van der Waals surface area contributed by atoms with Crippen molar-refractivity contribution in [1.82, 2.24) is 15.0 Å². The summed E-state index contributed by atoms with van der Waals surface area (Å²) in [5, 5.41) is 4.46. The minimum absolute atomic E-state index is 0.472. The van der Waals surface area contributed by atoms with E-state index in [2.05, 4.69) is 32.5 Å². The highest BCUT2D eigenvalue weighted by Crippen LogP contribution is 2.23. The van der Waals surface area contributed by atoms with Gasteiger partial charge in [-0.3, -0.25) is 0 Å². The lowest BCUT2D eigenvalue weighted by molar-refractivity contribution is 0.306. The van der Waals surface area contributed by atoms with Gasteiger partial charge in [-0.15, -0.1) is 0 Å². The van der Waals surface area contributed by atoms with E-state index in [1.807, 2.05) is 42.5 Å². The van der Waals surface area contributed by atoms with Gasteiger partial charge in [-0.1, -0.05) is 42.5 Å². The van der Waals surface area contributed by atoms with Crippen LogP contribution < -0.4 is 20.0 Å². The predicted molar refractivity (Wildman–Crippen MR) is 140 cm³/mol. The van der Waals surface area contributed by atoms with Crippen LogP contribution in [0.1, 0.15) is 49.7 Å². The number of aromatic nitrogens is 3. The number of hydrogen-bond donors (Lipinski definition) is 1. The minimum atomic E-state index is 0.472. The van der Waals surface area contributed by atoms with Gasteiger partial charge in [0.15, 0.2) is 0 Å². The average Bonchev–Trinajstić information content (AvgIpc) is 2.94. The molecular formula is C27H33N7O. The number of piperidine rings is 2. The number of hydrazone groups is 1. The molecule has 2 aliphatic heterocycles. The molecule has 1 aromatic heterocycles. The van der Waals surface area contributed by atoms with Gasteiger partial charge in [-0.05, 0) is 56.2 Å². The number of nitrogens with zero attached hydrogens (tertiary/aromatic N) is 6. The normalized spacial score (nSPS) is 16.5.